The quantitative estimate of drug-likeness (QED) is 0.527. The molecule has 2 aliphatic carbocycles. The first kappa shape index (κ1) is 13.7. The molecule has 0 aromatic rings. The maximum Gasteiger partial charge on any atom is 0.188 e. The SMILES string of the molecule is NC(=NCC1CCCCC1CO)NC1CCCC1. The standard InChI is InChI=1S/C14H27N3O/c15-14(17-13-7-3-4-8-13)16-9-11-5-1-2-6-12(11)10-18/h11-13,18H,1-10H2,(H3,15,16,17). The molecule has 4 nitrogen and oxygen atoms in total. The van der Waals surface area contributed by atoms with Crippen molar-refractivity contribution < 1.29 is 5.11 Å². The van der Waals surface area contributed by atoms with Gasteiger partial charge in [0, 0.05) is 19.2 Å². The highest BCUT2D eigenvalue weighted by atomic mass is 16.3. The average Bonchev–Trinajstić information content (AvgIpc) is 2.89. The highest BCUT2D eigenvalue weighted by Gasteiger charge is 2.24. The number of aliphatic hydroxyl groups is 1. The van der Waals surface area contributed by atoms with Gasteiger partial charge in [-0.3, -0.25) is 4.99 Å². The molecule has 104 valence electrons. The van der Waals surface area contributed by atoms with Crippen molar-refractivity contribution in [3.8, 4) is 0 Å². The fraction of sp³-hybridized carbons (Fsp3) is 0.929. The predicted octanol–water partition coefficient (Wildman–Crippen LogP) is 1.63. The van der Waals surface area contributed by atoms with Crippen LogP contribution in [-0.4, -0.2) is 30.3 Å². The van der Waals surface area contributed by atoms with Gasteiger partial charge in [0.1, 0.15) is 0 Å². The molecule has 4 N–H and O–H groups in total. The van der Waals surface area contributed by atoms with Gasteiger partial charge in [-0.1, -0.05) is 25.7 Å². The van der Waals surface area contributed by atoms with Crippen LogP contribution >= 0.6 is 0 Å². The highest BCUT2D eigenvalue weighted by Crippen LogP contribution is 2.29. The topological polar surface area (TPSA) is 70.6 Å². The summed E-state index contributed by atoms with van der Waals surface area (Å²) in [5.74, 6) is 1.55. The summed E-state index contributed by atoms with van der Waals surface area (Å²) in [7, 11) is 0. The van der Waals surface area contributed by atoms with Crippen molar-refractivity contribution in [3.63, 3.8) is 0 Å². The number of nitrogens with zero attached hydrogens (tertiary/aromatic N) is 1. The lowest BCUT2D eigenvalue weighted by atomic mass is 9.80. The van der Waals surface area contributed by atoms with Crippen LogP contribution in [0, 0.1) is 11.8 Å². The Bertz CT molecular complexity index is 274. The summed E-state index contributed by atoms with van der Waals surface area (Å²) in [4.78, 5) is 4.48. The van der Waals surface area contributed by atoms with E-state index in [0.717, 1.165) is 13.0 Å². The third kappa shape index (κ3) is 3.87. The normalized spacial score (nSPS) is 30.6. The second-order valence-corrected chi connectivity index (χ2v) is 5.84. The molecule has 2 atom stereocenters. The van der Waals surface area contributed by atoms with Crippen molar-refractivity contribution in [2.75, 3.05) is 13.2 Å². The van der Waals surface area contributed by atoms with Crippen molar-refractivity contribution in [1.29, 1.82) is 0 Å². The highest BCUT2D eigenvalue weighted by molar-refractivity contribution is 5.78. The second kappa shape index (κ2) is 6.98. The summed E-state index contributed by atoms with van der Waals surface area (Å²) in [6, 6.07) is 0.536. The van der Waals surface area contributed by atoms with Gasteiger partial charge in [0.15, 0.2) is 5.96 Å². The first-order chi connectivity index (χ1) is 8.79. The third-order valence-corrected chi connectivity index (χ3v) is 4.50. The summed E-state index contributed by atoms with van der Waals surface area (Å²) in [6.45, 7) is 1.08. The number of nitrogens with two attached hydrogens (primary N) is 1. The molecule has 0 spiro atoms. The zero-order chi connectivity index (χ0) is 12.8. The van der Waals surface area contributed by atoms with E-state index in [4.69, 9.17) is 5.73 Å². The number of aliphatic imine (C=N–C) groups is 1. The van der Waals surface area contributed by atoms with Gasteiger partial charge in [-0.15, -0.1) is 0 Å². The van der Waals surface area contributed by atoms with Gasteiger partial charge in [-0.25, -0.2) is 0 Å². The van der Waals surface area contributed by atoms with Crippen molar-refractivity contribution in [1.82, 2.24) is 5.32 Å². The van der Waals surface area contributed by atoms with Gasteiger partial charge in [-0.2, -0.15) is 0 Å². The van der Waals surface area contributed by atoms with E-state index in [1.807, 2.05) is 0 Å². The molecule has 4 heteroatoms. The average molecular weight is 253 g/mol. The first-order valence-corrected chi connectivity index (χ1v) is 7.47. The maximum absolute atomic E-state index is 9.36. The van der Waals surface area contributed by atoms with Gasteiger partial charge in [0.05, 0.1) is 0 Å². The van der Waals surface area contributed by atoms with E-state index in [1.54, 1.807) is 0 Å². The van der Waals surface area contributed by atoms with Crippen LogP contribution in [-0.2, 0) is 0 Å². The Hall–Kier alpha value is -0.770. The minimum absolute atomic E-state index is 0.302. The minimum atomic E-state index is 0.302. The van der Waals surface area contributed by atoms with Gasteiger partial charge >= 0.3 is 0 Å². The molecular weight excluding hydrogens is 226 g/mol. The van der Waals surface area contributed by atoms with E-state index in [9.17, 15) is 5.11 Å². The smallest absolute Gasteiger partial charge is 0.188 e. The van der Waals surface area contributed by atoms with Gasteiger partial charge in [-0.05, 0) is 37.5 Å². The number of aliphatic hydroxyl groups excluding tert-OH is 1. The Morgan fingerprint density at radius 1 is 1.06 bits per heavy atom. The van der Waals surface area contributed by atoms with Crippen LogP contribution in [0.5, 0.6) is 0 Å². The number of rotatable bonds is 4. The molecular formula is C14H27N3O. The van der Waals surface area contributed by atoms with E-state index in [0.29, 0.717) is 30.4 Å². The second-order valence-electron chi connectivity index (χ2n) is 5.84. The van der Waals surface area contributed by atoms with Gasteiger partial charge in [0.25, 0.3) is 0 Å². The predicted molar refractivity (Wildman–Crippen MR) is 74.4 cm³/mol. The number of guanidine groups is 1. The van der Waals surface area contributed by atoms with Crippen molar-refractivity contribution in [2.45, 2.75) is 57.4 Å². The monoisotopic (exact) mass is 253 g/mol. The molecule has 2 fully saturated rings. The van der Waals surface area contributed by atoms with Crippen LogP contribution < -0.4 is 11.1 Å². The number of hydrogen-bond acceptors (Lipinski definition) is 2. The minimum Gasteiger partial charge on any atom is -0.396 e. The van der Waals surface area contributed by atoms with Crippen molar-refractivity contribution >= 4 is 5.96 Å². The Balaban J connectivity index is 1.76. The van der Waals surface area contributed by atoms with Crippen LogP contribution in [0.25, 0.3) is 0 Å². The molecule has 0 heterocycles. The zero-order valence-corrected chi connectivity index (χ0v) is 11.3. The molecule has 0 aliphatic heterocycles. The van der Waals surface area contributed by atoms with E-state index in [2.05, 4.69) is 10.3 Å². The molecule has 0 aromatic carbocycles. The summed E-state index contributed by atoms with van der Waals surface area (Å²) in [5.41, 5.74) is 5.93. The third-order valence-electron chi connectivity index (χ3n) is 4.50. The fourth-order valence-corrected chi connectivity index (χ4v) is 3.31. The van der Waals surface area contributed by atoms with E-state index < -0.39 is 0 Å². The van der Waals surface area contributed by atoms with E-state index in [1.165, 1.54) is 44.9 Å². The Morgan fingerprint density at radius 3 is 2.33 bits per heavy atom. The Morgan fingerprint density at radius 2 is 1.67 bits per heavy atom. The molecule has 0 bridgehead atoms. The van der Waals surface area contributed by atoms with Crippen LogP contribution in [0.15, 0.2) is 4.99 Å². The van der Waals surface area contributed by atoms with E-state index >= 15 is 0 Å². The summed E-state index contributed by atoms with van der Waals surface area (Å²) in [6.07, 6.45) is 9.91. The van der Waals surface area contributed by atoms with Crippen LogP contribution in [0.1, 0.15) is 51.4 Å². The van der Waals surface area contributed by atoms with Gasteiger partial charge in [0.2, 0.25) is 0 Å². The zero-order valence-electron chi connectivity index (χ0n) is 11.3. The molecule has 2 rings (SSSR count). The molecule has 0 radical (unpaired) electrons. The number of nitrogens with one attached hydrogen (secondary N) is 1. The van der Waals surface area contributed by atoms with Crippen LogP contribution in [0.4, 0.5) is 0 Å². The van der Waals surface area contributed by atoms with Crippen LogP contribution in [0.2, 0.25) is 0 Å². The largest absolute Gasteiger partial charge is 0.396 e. The lowest BCUT2D eigenvalue weighted by molar-refractivity contribution is 0.139. The van der Waals surface area contributed by atoms with Crippen LogP contribution in [0.3, 0.4) is 0 Å². The molecule has 0 aromatic heterocycles. The Kier molecular flexibility index (Phi) is 5.29. The lowest BCUT2D eigenvalue weighted by Gasteiger charge is -2.29. The molecule has 0 saturated heterocycles. The number of hydrogen-bond donors (Lipinski definition) is 3. The molecule has 2 aliphatic rings. The summed E-state index contributed by atoms with van der Waals surface area (Å²) >= 11 is 0. The molecule has 2 saturated carbocycles. The molecule has 18 heavy (non-hydrogen) atoms. The van der Waals surface area contributed by atoms with Gasteiger partial charge < -0.3 is 16.2 Å². The molecule has 0 amide bonds. The molecule has 2 unspecified atom stereocenters. The van der Waals surface area contributed by atoms with Crippen molar-refractivity contribution in [3.05, 3.63) is 0 Å². The van der Waals surface area contributed by atoms with E-state index in [-0.39, 0.29) is 0 Å². The Labute approximate surface area is 110 Å². The van der Waals surface area contributed by atoms with Crippen molar-refractivity contribution in [2.24, 2.45) is 22.6 Å². The first-order valence-electron chi connectivity index (χ1n) is 7.47. The fourth-order valence-electron chi connectivity index (χ4n) is 3.31. The summed E-state index contributed by atoms with van der Waals surface area (Å²) in [5, 5.41) is 12.7. The maximum atomic E-state index is 9.36. The summed E-state index contributed by atoms with van der Waals surface area (Å²) < 4.78 is 0. The lowest BCUT2D eigenvalue weighted by Crippen LogP contribution is -2.39.